The average Bonchev–Trinajstić information content (AvgIpc) is 3.57. The van der Waals surface area contributed by atoms with Gasteiger partial charge >= 0.3 is 14.5 Å². The van der Waals surface area contributed by atoms with E-state index in [4.69, 9.17) is 18.5 Å². The maximum Gasteiger partial charge on any atom is 0.326 e. The van der Waals surface area contributed by atoms with Crippen molar-refractivity contribution in [3.05, 3.63) is 42.5 Å². The summed E-state index contributed by atoms with van der Waals surface area (Å²) in [6.45, 7) is 8.45. The minimum atomic E-state index is -1.64. The first-order valence-electron chi connectivity index (χ1n) is 13.8. The second kappa shape index (κ2) is 14.6. The van der Waals surface area contributed by atoms with Crippen molar-refractivity contribution in [2.45, 2.75) is 71.2 Å². The van der Waals surface area contributed by atoms with Gasteiger partial charge in [0.25, 0.3) is 0 Å². The Morgan fingerprint density at radius 2 is 1.98 bits per heavy atom. The third-order valence-electron chi connectivity index (χ3n) is 7.03. The number of carbonyl (C=O) groups excluding carboxylic acids is 1. The zero-order valence-corrected chi connectivity index (χ0v) is 26.1. The molecule has 1 aromatic carbocycles. The van der Waals surface area contributed by atoms with Crippen molar-refractivity contribution in [3.8, 4) is 5.75 Å². The minimum Gasteiger partial charge on any atom is -0.468 e. The highest BCUT2D eigenvalue weighted by atomic mass is 32.2. The molecule has 5 rings (SSSR count). The van der Waals surface area contributed by atoms with Crippen molar-refractivity contribution in [1.82, 2.24) is 29.4 Å². The summed E-state index contributed by atoms with van der Waals surface area (Å²) in [6.07, 6.45) is 7.79. The van der Waals surface area contributed by atoms with Gasteiger partial charge in [-0.05, 0) is 51.0 Å². The lowest BCUT2D eigenvalue weighted by molar-refractivity contribution is -0.151. The Bertz CT molecular complexity index is 1280. The Balaban J connectivity index is 0.00000189. The fourth-order valence-corrected chi connectivity index (χ4v) is 6.42. The lowest BCUT2D eigenvalue weighted by atomic mass is 9.78. The maximum absolute atomic E-state index is 12.6. The van der Waals surface area contributed by atoms with E-state index in [1.807, 2.05) is 55.9 Å². The van der Waals surface area contributed by atoms with Crippen LogP contribution in [0, 0.1) is 12.8 Å². The molecule has 0 spiro atoms. The number of ether oxygens (including phenoxy) is 2. The first kappa shape index (κ1) is 31.4. The molecule has 2 fully saturated rings. The average molecular weight is 606 g/mol. The lowest BCUT2D eigenvalue weighted by Gasteiger charge is -2.40. The second-order valence-corrected chi connectivity index (χ2v) is 11.6. The first-order valence-corrected chi connectivity index (χ1v) is 16.2. The summed E-state index contributed by atoms with van der Waals surface area (Å²) >= 11 is 1.42. The van der Waals surface area contributed by atoms with E-state index in [9.17, 15) is 4.79 Å². The van der Waals surface area contributed by atoms with Crippen molar-refractivity contribution in [2.24, 2.45) is 5.92 Å². The van der Waals surface area contributed by atoms with Gasteiger partial charge in [0, 0.05) is 5.92 Å². The van der Waals surface area contributed by atoms with Crippen LogP contribution in [-0.4, -0.2) is 57.1 Å². The van der Waals surface area contributed by atoms with Crippen molar-refractivity contribution in [3.63, 3.8) is 0 Å². The summed E-state index contributed by atoms with van der Waals surface area (Å²) in [5, 5.41) is 3.35. The van der Waals surface area contributed by atoms with E-state index < -0.39 is 14.1 Å². The Kier molecular flexibility index (Phi) is 11.2. The zero-order chi connectivity index (χ0) is 29.4. The number of nitrogens with zero attached hydrogens (tertiary/aromatic N) is 4. The summed E-state index contributed by atoms with van der Waals surface area (Å²) in [5.41, 5.74) is 4.71. The second-order valence-electron chi connectivity index (χ2n) is 9.84. The molecule has 41 heavy (non-hydrogen) atoms. The first-order chi connectivity index (χ1) is 19.9. The molecule has 2 aromatic heterocycles. The molecular weight excluding hydrogens is 565 g/mol. The van der Waals surface area contributed by atoms with E-state index >= 15 is 0 Å². The van der Waals surface area contributed by atoms with Crippen molar-refractivity contribution in [2.75, 3.05) is 25.4 Å². The lowest BCUT2D eigenvalue weighted by Crippen LogP contribution is -2.56. The van der Waals surface area contributed by atoms with Crippen LogP contribution in [0.1, 0.15) is 58.2 Å². The van der Waals surface area contributed by atoms with Gasteiger partial charge in [0.1, 0.15) is 23.8 Å². The van der Waals surface area contributed by atoms with Gasteiger partial charge in [-0.15, -0.1) is 0 Å². The van der Waals surface area contributed by atoms with E-state index in [1.54, 1.807) is 6.33 Å². The van der Waals surface area contributed by atoms with Gasteiger partial charge < -0.3 is 18.5 Å². The molecule has 0 radical (unpaired) electrons. The quantitative estimate of drug-likeness (QED) is 0.107. The fourth-order valence-electron chi connectivity index (χ4n) is 4.78. The summed E-state index contributed by atoms with van der Waals surface area (Å²) in [5.74, 6) is 1.16. The molecule has 14 heteroatoms. The molecular formula is C27H40N7O5PS. The molecule has 3 N–H and O–H groups in total. The third-order valence-corrected chi connectivity index (χ3v) is 8.71. The number of hydrogen-bond acceptors (Lipinski definition) is 12. The molecule has 3 heterocycles. The highest BCUT2D eigenvalue weighted by Crippen LogP contribution is 2.45. The van der Waals surface area contributed by atoms with Crippen LogP contribution in [0.3, 0.4) is 0 Å². The summed E-state index contributed by atoms with van der Waals surface area (Å²) in [6, 6.07) is 7.75. The van der Waals surface area contributed by atoms with Gasteiger partial charge in [-0.25, -0.2) is 20.0 Å². The van der Waals surface area contributed by atoms with Crippen LogP contribution in [-0.2, 0) is 18.8 Å². The molecule has 1 saturated carbocycles. The number of anilines is 1. The van der Waals surface area contributed by atoms with Crippen LogP contribution >= 0.6 is 20.5 Å². The molecule has 1 saturated heterocycles. The van der Waals surface area contributed by atoms with Crippen LogP contribution in [0.15, 0.2) is 36.9 Å². The Morgan fingerprint density at radius 1 is 1.22 bits per heavy atom. The Labute approximate surface area is 246 Å². The predicted octanol–water partition coefficient (Wildman–Crippen LogP) is 5.29. The van der Waals surface area contributed by atoms with Gasteiger partial charge in [-0.2, -0.15) is 4.83 Å². The van der Waals surface area contributed by atoms with Crippen LogP contribution < -0.4 is 19.9 Å². The van der Waals surface area contributed by atoms with Crippen molar-refractivity contribution >= 4 is 43.4 Å². The number of fused-ring (bicyclic) bond motifs is 1. The van der Waals surface area contributed by atoms with Gasteiger partial charge in [-0.3, -0.25) is 14.8 Å². The normalized spacial score (nSPS) is 21.9. The Morgan fingerprint density at radius 3 is 2.63 bits per heavy atom. The van der Waals surface area contributed by atoms with Crippen LogP contribution in [0.2, 0.25) is 0 Å². The maximum atomic E-state index is 12.6. The van der Waals surface area contributed by atoms with Gasteiger partial charge in [0.05, 0.1) is 26.1 Å². The molecule has 4 atom stereocenters. The van der Waals surface area contributed by atoms with Crippen molar-refractivity contribution < 1.29 is 23.3 Å². The van der Waals surface area contributed by atoms with E-state index in [2.05, 4.69) is 37.2 Å². The summed E-state index contributed by atoms with van der Waals surface area (Å²) in [7, 11) is -0.236. The molecule has 1 aliphatic carbocycles. The number of methoxy groups -OCH3 is 1. The molecule has 12 nitrogen and oxygen atoms in total. The Hall–Kier alpha value is -2.54. The number of benzene rings is 1. The van der Waals surface area contributed by atoms with Gasteiger partial charge in [0.2, 0.25) is 0 Å². The summed E-state index contributed by atoms with van der Waals surface area (Å²) < 4.78 is 25.9. The third kappa shape index (κ3) is 7.28. The molecule has 2 aliphatic rings. The highest BCUT2D eigenvalue weighted by molar-refractivity contribution is 7.96. The van der Waals surface area contributed by atoms with Crippen LogP contribution in [0.4, 0.5) is 5.82 Å². The number of aromatic nitrogens is 4. The molecule has 4 unspecified atom stereocenters. The molecule has 224 valence electrons. The number of imidazole rings is 1. The standard InChI is InChI=1S/C25H34N7O5PS.C2H6/c1-16-6-8-18(9-7-16)37-38(30-25(10-5-11-25)24(33)34-3)35-13-19-12-17(2)23(36-19)32-15-28-20-21(29-31-39-4)26-14-27-22(20)32;1-2/h6-9,14-15,17,19,23,30-31H,5,10-13H2,1-4H3,(H,26,27,29);1-2H3. The number of aryl methyl sites for hydroxylation is 1. The largest absolute Gasteiger partial charge is 0.468 e. The zero-order valence-electron chi connectivity index (χ0n) is 24.4. The van der Waals surface area contributed by atoms with Gasteiger partial charge in [0.15, 0.2) is 17.0 Å². The van der Waals surface area contributed by atoms with Crippen LogP contribution in [0.5, 0.6) is 5.75 Å². The molecule has 3 aromatic rings. The van der Waals surface area contributed by atoms with Gasteiger partial charge in [-0.1, -0.05) is 50.4 Å². The fraction of sp³-hybridized carbons (Fsp3) is 0.556. The topological polar surface area (TPSA) is 134 Å². The minimum absolute atomic E-state index is 0.177. The SMILES string of the molecule is CC.COC(=O)C1(NP(OCC2CC(C)C(n3cnc4c(NNSC)ncnc43)O2)Oc2ccc(C)cc2)CCC1. The molecule has 1 aliphatic heterocycles. The number of nitrogens with one attached hydrogen (secondary N) is 3. The van der Waals surface area contributed by atoms with E-state index in [1.165, 1.54) is 25.4 Å². The number of hydrogen-bond donors (Lipinski definition) is 3. The van der Waals surface area contributed by atoms with E-state index in [0.29, 0.717) is 42.2 Å². The number of hydrazine groups is 1. The monoisotopic (exact) mass is 605 g/mol. The van der Waals surface area contributed by atoms with Crippen molar-refractivity contribution in [1.29, 1.82) is 0 Å². The van der Waals surface area contributed by atoms with E-state index in [0.717, 1.165) is 18.4 Å². The number of esters is 1. The molecule has 0 amide bonds. The molecule has 0 bridgehead atoms. The van der Waals surface area contributed by atoms with E-state index in [-0.39, 0.29) is 24.2 Å². The number of carbonyl (C=O) groups is 1. The number of rotatable bonds is 12. The smallest absolute Gasteiger partial charge is 0.326 e. The summed E-state index contributed by atoms with van der Waals surface area (Å²) in [4.78, 5) is 28.8. The predicted molar refractivity (Wildman–Crippen MR) is 161 cm³/mol. The highest BCUT2D eigenvalue weighted by Gasteiger charge is 2.48. The van der Waals surface area contributed by atoms with Crippen LogP contribution in [0.25, 0.3) is 11.2 Å².